The van der Waals surface area contributed by atoms with Crippen LogP contribution in [-0.4, -0.2) is 67.8 Å². The minimum absolute atomic E-state index is 0.258. The van der Waals surface area contributed by atoms with Crippen LogP contribution < -0.4 is 9.64 Å². The van der Waals surface area contributed by atoms with Gasteiger partial charge in [-0.25, -0.2) is 15.0 Å². The zero-order chi connectivity index (χ0) is 17.6. The molecule has 124 valence electrons. The van der Waals surface area contributed by atoms with E-state index < -0.39 is 5.34 Å². The Kier molecular flexibility index (Phi) is 4.12. The summed E-state index contributed by atoms with van der Waals surface area (Å²) in [4.78, 5) is 17.0. The van der Waals surface area contributed by atoms with Crippen LogP contribution in [0.25, 0.3) is 0 Å². The van der Waals surface area contributed by atoms with E-state index in [4.69, 9.17) is 32.0 Å². The second-order valence-electron chi connectivity index (χ2n) is 6.47. The van der Waals surface area contributed by atoms with Crippen LogP contribution in [0.3, 0.4) is 0 Å². The van der Waals surface area contributed by atoms with Crippen molar-refractivity contribution >= 4 is 33.1 Å². The first-order valence-electron chi connectivity index (χ1n) is 8.08. The lowest BCUT2D eigenvalue weighted by atomic mass is 9.54. The molecule has 2 atom stereocenters. The Morgan fingerprint density at radius 1 is 1.12 bits per heavy atom. The normalized spacial score (nSPS) is 23.2. The van der Waals surface area contributed by atoms with Crippen LogP contribution in [0.1, 0.15) is 12.0 Å². The summed E-state index contributed by atoms with van der Waals surface area (Å²) in [5, 5.41) is -0.674. The van der Waals surface area contributed by atoms with Crippen molar-refractivity contribution < 1.29 is 4.74 Å². The lowest BCUT2D eigenvalue weighted by molar-refractivity contribution is -0.0304. The molecule has 3 aliphatic rings. The largest absolute Gasteiger partial charge is 0.481 e. The van der Waals surface area contributed by atoms with Crippen LogP contribution in [0, 0.1) is 0 Å². The first-order chi connectivity index (χ1) is 12.0. The smallest absolute Gasteiger partial charge is 0.212 e. The summed E-state index contributed by atoms with van der Waals surface area (Å²) < 4.78 is 5.09. The van der Waals surface area contributed by atoms with Gasteiger partial charge in [-0.15, -0.1) is 0 Å². The highest BCUT2D eigenvalue weighted by atomic mass is 35.5. The molecule has 2 aromatic rings. The molecule has 5 rings (SSSR count). The van der Waals surface area contributed by atoms with Crippen molar-refractivity contribution in [2.75, 3.05) is 25.1 Å². The Bertz CT molecular complexity index is 746. The standard InChI is InChI=1S/C16H16B2ClN5O/c1-25-15-3-2-10(5-22-15)16(17,18)24-11-4-12(24)9-23(8-11)14-7-20-13(19)6-21-14/h2-3,5-7,11-12H,4,8-9H2,1H3. The molecule has 0 aliphatic carbocycles. The molecule has 5 heterocycles. The first kappa shape index (κ1) is 16.7. The number of hydrogen-bond donors (Lipinski definition) is 0. The van der Waals surface area contributed by atoms with E-state index in [2.05, 4.69) is 24.8 Å². The maximum Gasteiger partial charge on any atom is 0.212 e. The summed E-state index contributed by atoms with van der Waals surface area (Å²) in [6.07, 6.45) is 6.00. The second-order valence-corrected chi connectivity index (χ2v) is 6.85. The van der Waals surface area contributed by atoms with Crippen molar-refractivity contribution in [1.29, 1.82) is 0 Å². The molecule has 25 heavy (non-hydrogen) atoms. The average molecular weight is 351 g/mol. The molecule has 3 fully saturated rings. The quantitative estimate of drug-likeness (QED) is 0.765. The van der Waals surface area contributed by atoms with E-state index in [0.29, 0.717) is 11.0 Å². The van der Waals surface area contributed by atoms with Gasteiger partial charge in [0, 0.05) is 37.4 Å². The lowest BCUT2D eigenvalue weighted by Crippen LogP contribution is -2.74. The van der Waals surface area contributed by atoms with Gasteiger partial charge in [-0.2, -0.15) is 0 Å². The molecule has 0 amide bonds. The van der Waals surface area contributed by atoms with E-state index in [1.54, 1.807) is 31.8 Å². The van der Waals surface area contributed by atoms with Gasteiger partial charge in [0.1, 0.15) is 11.0 Å². The molecule has 0 aromatic carbocycles. The van der Waals surface area contributed by atoms with Crippen LogP contribution in [0.15, 0.2) is 30.7 Å². The number of pyridine rings is 1. The number of aromatic nitrogens is 3. The Labute approximate surface area is 154 Å². The Balaban J connectivity index is 1.50. The molecule has 4 radical (unpaired) electrons. The Morgan fingerprint density at radius 2 is 1.88 bits per heavy atom. The van der Waals surface area contributed by atoms with E-state index in [1.807, 2.05) is 6.07 Å². The van der Waals surface area contributed by atoms with Crippen molar-refractivity contribution in [3.05, 3.63) is 41.4 Å². The second kappa shape index (κ2) is 6.18. The van der Waals surface area contributed by atoms with Crippen molar-refractivity contribution in [1.82, 2.24) is 19.9 Å². The summed E-state index contributed by atoms with van der Waals surface area (Å²) >= 11 is 5.81. The van der Waals surface area contributed by atoms with Gasteiger partial charge in [-0.1, -0.05) is 17.7 Å². The first-order valence-corrected chi connectivity index (χ1v) is 8.46. The molecule has 2 unspecified atom stereocenters. The maximum atomic E-state index is 6.49. The Morgan fingerprint density at radius 3 is 2.44 bits per heavy atom. The minimum Gasteiger partial charge on any atom is -0.481 e. The van der Waals surface area contributed by atoms with Gasteiger partial charge in [-0.3, -0.25) is 0 Å². The summed E-state index contributed by atoms with van der Waals surface area (Å²) in [5.74, 6) is 1.36. The third-order valence-corrected chi connectivity index (χ3v) is 5.15. The van der Waals surface area contributed by atoms with E-state index >= 15 is 0 Å². The number of nitrogens with zero attached hydrogens (tertiary/aromatic N) is 5. The number of anilines is 1. The number of piperidine rings is 1. The molecule has 9 heteroatoms. The van der Waals surface area contributed by atoms with E-state index in [1.165, 1.54) is 0 Å². The van der Waals surface area contributed by atoms with Gasteiger partial charge in [0.15, 0.2) is 0 Å². The number of fused-ring (bicyclic) bond motifs is 2. The van der Waals surface area contributed by atoms with Crippen molar-refractivity contribution in [2.45, 2.75) is 23.8 Å². The highest BCUT2D eigenvalue weighted by molar-refractivity contribution is 6.39. The molecule has 0 N–H and O–H groups in total. The molecule has 2 bridgehead atoms. The SMILES string of the molecule is [B]C([B])(c1ccc(OC)nc1)N1C2CC1CN(c1cnc(Cl)cn1)C2. The van der Waals surface area contributed by atoms with Crippen LogP contribution in [0.2, 0.25) is 5.15 Å². The molecule has 6 nitrogen and oxygen atoms in total. The van der Waals surface area contributed by atoms with Crippen molar-refractivity contribution in [2.24, 2.45) is 0 Å². The van der Waals surface area contributed by atoms with Gasteiger partial charge < -0.3 is 14.5 Å². The zero-order valence-corrected chi connectivity index (χ0v) is 14.6. The van der Waals surface area contributed by atoms with Crippen LogP contribution in [0.5, 0.6) is 5.88 Å². The predicted molar refractivity (Wildman–Crippen MR) is 97.3 cm³/mol. The molecule has 0 spiro atoms. The number of piperazine rings is 1. The molecule has 3 saturated heterocycles. The number of rotatable bonds is 4. The van der Waals surface area contributed by atoms with Gasteiger partial charge in [0.05, 0.1) is 35.2 Å². The number of methoxy groups -OCH3 is 1. The van der Waals surface area contributed by atoms with Crippen molar-refractivity contribution in [3.63, 3.8) is 0 Å². The van der Waals surface area contributed by atoms with Gasteiger partial charge in [-0.05, 0) is 17.3 Å². The third kappa shape index (κ3) is 2.87. The van der Waals surface area contributed by atoms with Crippen LogP contribution >= 0.6 is 11.6 Å². The van der Waals surface area contributed by atoms with Crippen LogP contribution in [0.4, 0.5) is 5.82 Å². The maximum absolute atomic E-state index is 6.49. The lowest BCUT2D eigenvalue weighted by Gasteiger charge is -2.63. The fraction of sp³-hybridized carbons (Fsp3) is 0.438. The highest BCUT2D eigenvalue weighted by Crippen LogP contribution is 2.41. The summed E-state index contributed by atoms with van der Waals surface area (Å²) in [7, 11) is 14.6. The topological polar surface area (TPSA) is 54.4 Å². The highest BCUT2D eigenvalue weighted by Gasteiger charge is 2.50. The summed E-state index contributed by atoms with van der Waals surface area (Å²) in [6.45, 7) is 1.60. The molecule has 3 aliphatic heterocycles. The van der Waals surface area contributed by atoms with Crippen molar-refractivity contribution in [3.8, 4) is 5.88 Å². The van der Waals surface area contributed by atoms with Gasteiger partial charge >= 0.3 is 0 Å². The van der Waals surface area contributed by atoms with Gasteiger partial charge in [0.2, 0.25) is 5.88 Å². The van der Waals surface area contributed by atoms with E-state index in [0.717, 1.165) is 30.9 Å². The summed E-state index contributed by atoms with van der Waals surface area (Å²) in [6, 6.07) is 4.15. The van der Waals surface area contributed by atoms with E-state index in [-0.39, 0.29) is 12.1 Å². The predicted octanol–water partition coefficient (Wildman–Crippen LogP) is 0.944. The summed E-state index contributed by atoms with van der Waals surface area (Å²) in [5.41, 5.74) is 0.766. The van der Waals surface area contributed by atoms with E-state index in [9.17, 15) is 0 Å². The third-order valence-electron chi connectivity index (χ3n) is 4.96. The molecular formula is C16H16B2ClN5O. The fourth-order valence-electron chi connectivity index (χ4n) is 3.76. The molecule has 0 saturated carbocycles. The average Bonchev–Trinajstić information content (AvgIpc) is 2.62. The number of halogens is 1. The number of hydrogen-bond acceptors (Lipinski definition) is 6. The molecular weight excluding hydrogens is 335 g/mol. The number of ether oxygens (including phenoxy) is 1. The Hall–Kier alpha value is -1.79. The minimum atomic E-state index is -1.06. The molecule has 2 aromatic heterocycles. The monoisotopic (exact) mass is 351 g/mol. The van der Waals surface area contributed by atoms with Gasteiger partial charge in [0.25, 0.3) is 0 Å². The fourth-order valence-corrected chi connectivity index (χ4v) is 3.85. The van der Waals surface area contributed by atoms with Crippen LogP contribution in [-0.2, 0) is 5.34 Å². The zero-order valence-electron chi connectivity index (χ0n) is 13.8.